The second-order valence-corrected chi connectivity index (χ2v) is 6.35. The van der Waals surface area contributed by atoms with Crippen molar-refractivity contribution in [3.05, 3.63) is 0 Å². The maximum Gasteiger partial charge on any atom is 0.313 e. The van der Waals surface area contributed by atoms with E-state index in [9.17, 15) is 19.2 Å². The lowest BCUT2D eigenvalue weighted by atomic mass is 10.1. The van der Waals surface area contributed by atoms with Crippen LogP contribution in [-0.4, -0.2) is 36.1 Å². The first-order valence-corrected chi connectivity index (χ1v) is 9.47. The van der Waals surface area contributed by atoms with Crippen LogP contribution in [0.4, 0.5) is 0 Å². The van der Waals surface area contributed by atoms with E-state index >= 15 is 0 Å². The molecule has 0 atom stereocenters. The van der Waals surface area contributed by atoms with Crippen molar-refractivity contribution in [3.8, 4) is 0 Å². The van der Waals surface area contributed by atoms with Crippen LogP contribution in [0, 0.1) is 0 Å². The van der Waals surface area contributed by atoms with Gasteiger partial charge in [-0.1, -0.05) is 38.5 Å². The number of carboxylic acids is 1. The van der Waals surface area contributed by atoms with E-state index in [0.29, 0.717) is 25.7 Å². The molecule has 0 saturated heterocycles. The Morgan fingerprint density at radius 1 is 0.577 bits per heavy atom. The van der Waals surface area contributed by atoms with Crippen LogP contribution in [0.2, 0.25) is 0 Å². The van der Waals surface area contributed by atoms with Gasteiger partial charge in [-0.15, -0.1) is 0 Å². The molecule has 0 aliphatic heterocycles. The molecule has 7 heteroatoms. The van der Waals surface area contributed by atoms with Crippen LogP contribution in [0.15, 0.2) is 0 Å². The first-order chi connectivity index (χ1) is 12.5. The van der Waals surface area contributed by atoms with Crippen molar-refractivity contribution >= 4 is 23.9 Å². The molecule has 0 aliphatic carbocycles. The van der Waals surface area contributed by atoms with Crippen LogP contribution in [0.1, 0.15) is 89.9 Å². The molecular formula is C19H32O7. The molecule has 0 spiro atoms. The summed E-state index contributed by atoms with van der Waals surface area (Å²) in [6, 6.07) is 0. The molecule has 26 heavy (non-hydrogen) atoms. The number of carbonyl (C=O) groups excluding carboxylic acids is 3. The van der Waals surface area contributed by atoms with Crippen LogP contribution >= 0.6 is 0 Å². The number of hydrogen-bond donors (Lipinski definition) is 1. The summed E-state index contributed by atoms with van der Waals surface area (Å²) in [6.45, 7) is 0. The third kappa shape index (κ3) is 16.9. The fourth-order valence-electron chi connectivity index (χ4n) is 2.48. The van der Waals surface area contributed by atoms with Crippen molar-refractivity contribution < 1.29 is 33.8 Å². The van der Waals surface area contributed by atoms with Gasteiger partial charge in [-0.3, -0.25) is 19.2 Å². The standard InChI is InChI=1S/C19H32O7/c1-25-17(22)13-9-6-7-11-15-19(24)26-18(23)14-10-5-3-2-4-8-12-16(20)21/h2-15H2,1H3,(H,20,21). The number of ether oxygens (including phenoxy) is 2. The molecule has 0 radical (unpaired) electrons. The van der Waals surface area contributed by atoms with E-state index in [2.05, 4.69) is 4.74 Å². The lowest BCUT2D eigenvalue weighted by molar-refractivity contribution is -0.160. The summed E-state index contributed by atoms with van der Waals surface area (Å²) in [7, 11) is 1.36. The van der Waals surface area contributed by atoms with E-state index < -0.39 is 17.9 Å². The van der Waals surface area contributed by atoms with Gasteiger partial charge < -0.3 is 14.6 Å². The van der Waals surface area contributed by atoms with E-state index in [1.807, 2.05) is 0 Å². The van der Waals surface area contributed by atoms with Crippen molar-refractivity contribution in [2.45, 2.75) is 89.9 Å². The number of rotatable bonds is 16. The van der Waals surface area contributed by atoms with Gasteiger partial charge in [0.1, 0.15) is 0 Å². The number of aliphatic carboxylic acids is 1. The molecule has 0 aromatic carbocycles. The molecule has 0 aromatic heterocycles. The minimum absolute atomic E-state index is 0.208. The molecule has 0 rings (SSSR count). The minimum Gasteiger partial charge on any atom is -0.481 e. The third-order valence-electron chi connectivity index (χ3n) is 3.99. The predicted octanol–water partition coefficient (Wildman–Crippen LogP) is 3.78. The summed E-state index contributed by atoms with van der Waals surface area (Å²) >= 11 is 0. The molecule has 0 bridgehead atoms. The number of hydrogen-bond acceptors (Lipinski definition) is 6. The summed E-state index contributed by atoms with van der Waals surface area (Å²) in [5.41, 5.74) is 0. The normalized spacial score (nSPS) is 10.3. The topological polar surface area (TPSA) is 107 Å². The van der Waals surface area contributed by atoms with E-state index in [4.69, 9.17) is 9.84 Å². The fourth-order valence-corrected chi connectivity index (χ4v) is 2.48. The monoisotopic (exact) mass is 372 g/mol. The van der Waals surface area contributed by atoms with Crippen LogP contribution in [0.5, 0.6) is 0 Å². The number of carbonyl (C=O) groups is 4. The van der Waals surface area contributed by atoms with Crippen molar-refractivity contribution in [2.75, 3.05) is 7.11 Å². The quantitative estimate of drug-likeness (QED) is 0.249. The van der Waals surface area contributed by atoms with E-state index in [0.717, 1.165) is 44.9 Å². The number of methoxy groups -OCH3 is 1. The Kier molecular flexibility index (Phi) is 15.3. The molecule has 0 amide bonds. The van der Waals surface area contributed by atoms with Gasteiger partial charge in [0.15, 0.2) is 0 Å². The highest BCUT2D eigenvalue weighted by Gasteiger charge is 2.10. The second kappa shape index (κ2) is 16.5. The Morgan fingerprint density at radius 3 is 1.31 bits per heavy atom. The predicted molar refractivity (Wildman–Crippen MR) is 95.4 cm³/mol. The maximum absolute atomic E-state index is 11.5. The minimum atomic E-state index is -0.765. The first kappa shape index (κ1) is 24.1. The highest BCUT2D eigenvalue weighted by atomic mass is 16.6. The van der Waals surface area contributed by atoms with E-state index in [1.165, 1.54) is 7.11 Å². The smallest absolute Gasteiger partial charge is 0.313 e. The average Bonchev–Trinajstić information content (AvgIpc) is 2.59. The molecule has 0 heterocycles. The van der Waals surface area contributed by atoms with Gasteiger partial charge in [0.25, 0.3) is 0 Å². The van der Waals surface area contributed by atoms with Gasteiger partial charge in [0, 0.05) is 25.7 Å². The van der Waals surface area contributed by atoms with Gasteiger partial charge in [-0.25, -0.2) is 0 Å². The zero-order chi connectivity index (χ0) is 19.6. The van der Waals surface area contributed by atoms with Gasteiger partial charge in [0.05, 0.1) is 7.11 Å². The molecule has 7 nitrogen and oxygen atoms in total. The lowest BCUT2D eigenvalue weighted by Crippen LogP contribution is -2.11. The summed E-state index contributed by atoms with van der Waals surface area (Å²) in [6.07, 6.45) is 9.10. The Bertz CT molecular complexity index is 432. The molecule has 0 unspecified atom stereocenters. The molecule has 0 aromatic rings. The summed E-state index contributed by atoms with van der Waals surface area (Å²) in [5.74, 6) is -1.96. The Morgan fingerprint density at radius 2 is 0.923 bits per heavy atom. The van der Waals surface area contributed by atoms with E-state index in [-0.39, 0.29) is 25.2 Å². The summed E-state index contributed by atoms with van der Waals surface area (Å²) in [5, 5.41) is 8.51. The Balaban J connectivity index is 3.44. The number of unbranched alkanes of at least 4 members (excludes halogenated alkanes) is 8. The molecular weight excluding hydrogens is 340 g/mol. The van der Waals surface area contributed by atoms with Crippen molar-refractivity contribution in [1.82, 2.24) is 0 Å². The Hall–Kier alpha value is -1.92. The maximum atomic E-state index is 11.5. The molecule has 0 fully saturated rings. The SMILES string of the molecule is COC(=O)CCCCCCC(=O)OC(=O)CCCCCCCCC(=O)O. The van der Waals surface area contributed by atoms with Crippen molar-refractivity contribution in [2.24, 2.45) is 0 Å². The molecule has 0 aliphatic rings. The van der Waals surface area contributed by atoms with Crippen molar-refractivity contribution in [3.63, 3.8) is 0 Å². The number of esters is 3. The highest BCUT2D eigenvalue weighted by Crippen LogP contribution is 2.10. The lowest BCUT2D eigenvalue weighted by Gasteiger charge is -2.04. The van der Waals surface area contributed by atoms with Crippen LogP contribution in [0.3, 0.4) is 0 Å². The highest BCUT2D eigenvalue weighted by molar-refractivity contribution is 5.85. The average molecular weight is 372 g/mol. The summed E-state index contributed by atoms with van der Waals surface area (Å²) in [4.78, 5) is 44.4. The number of carboxylic acid groups (broad SMARTS) is 1. The Labute approximate surface area is 155 Å². The molecule has 150 valence electrons. The van der Waals surface area contributed by atoms with Crippen LogP contribution < -0.4 is 0 Å². The van der Waals surface area contributed by atoms with Gasteiger partial charge in [-0.05, 0) is 25.7 Å². The molecule has 1 N–H and O–H groups in total. The summed E-state index contributed by atoms with van der Waals surface area (Å²) < 4.78 is 9.31. The zero-order valence-electron chi connectivity index (χ0n) is 15.8. The molecule has 0 saturated carbocycles. The third-order valence-corrected chi connectivity index (χ3v) is 3.99. The first-order valence-electron chi connectivity index (χ1n) is 9.47. The van der Waals surface area contributed by atoms with E-state index in [1.54, 1.807) is 0 Å². The van der Waals surface area contributed by atoms with Crippen LogP contribution in [-0.2, 0) is 28.7 Å². The van der Waals surface area contributed by atoms with Crippen molar-refractivity contribution in [1.29, 1.82) is 0 Å². The largest absolute Gasteiger partial charge is 0.481 e. The van der Waals surface area contributed by atoms with Gasteiger partial charge in [0.2, 0.25) is 0 Å². The van der Waals surface area contributed by atoms with Crippen LogP contribution in [0.25, 0.3) is 0 Å². The van der Waals surface area contributed by atoms with Gasteiger partial charge >= 0.3 is 23.9 Å². The zero-order valence-corrected chi connectivity index (χ0v) is 15.8. The van der Waals surface area contributed by atoms with Gasteiger partial charge in [-0.2, -0.15) is 0 Å². The fraction of sp³-hybridized carbons (Fsp3) is 0.789. The second-order valence-electron chi connectivity index (χ2n) is 6.35.